The van der Waals surface area contributed by atoms with Crippen molar-refractivity contribution in [3.05, 3.63) is 66.2 Å². The van der Waals surface area contributed by atoms with E-state index in [1.807, 2.05) is 6.07 Å². The first kappa shape index (κ1) is 13.4. The second-order valence-electron chi connectivity index (χ2n) is 4.71. The Kier molecular flexibility index (Phi) is 4.40. The van der Waals surface area contributed by atoms with Crippen LogP contribution in [0.5, 0.6) is 0 Å². The number of hydrogen-bond donors (Lipinski definition) is 0. The largest absolute Gasteiger partial charge is 0.344 e. The summed E-state index contributed by atoms with van der Waals surface area (Å²) >= 11 is 0. The number of para-hydroxylation sites is 2. The molecule has 0 saturated carbocycles. The predicted octanol–water partition coefficient (Wildman–Crippen LogP) is 5.27. The molecule has 2 rings (SSSR count). The maximum Gasteiger partial charge on any atom is 0.0484 e. The van der Waals surface area contributed by atoms with Crippen LogP contribution < -0.4 is 4.90 Å². The van der Waals surface area contributed by atoms with Crippen LogP contribution in [0.3, 0.4) is 0 Å². The average Bonchev–Trinajstić information content (AvgIpc) is 2.47. The minimum atomic E-state index is 1.06. The lowest BCUT2D eigenvalue weighted by molar-refractivity contribution is 1.19. The molecule has 0 aliphatic heterocycles. The van der Waals surface area contributed by atoms with Gasteiger partial charge in [-0.15, -0.1) is 0 Å². The highest BCUT2D eigenvalue weighted by molar-refractivity contribution is 5.79. The maximum absolute atomic E-state index is 2.28. The molecular weight excluding hydrogens is 230 g/mol. The van der Waals surface area contributed by atoms with Crippen LogP contribution in [0.15, 0.2) is 60.7 Å². The molecule has 0 spiro atoms. The van der Waals surface area contributed by atoms with Crippen LogP contribution in [0.2, 0.25) is 0 Å². The Labute approximate surface area is 116 Å². The molecular formula is C18H21N. The molecule has 0 aliphatic rings. The molecule has 0 fully saturated rings. The van der Waals surface area contributed by atoms with Gasteiger partial charge in [0, 0.05) is 24.0 Å². The van der Waals surface area contributed by atoms with Crippen molar-refractivity contribution < 1.29 is 0 Å². The third kappa shape index (κ3) is 3.05. The smallest absolute Gasteiger partial charge is 0.0484 e. The summed E-state index contributed by atoms with van der Waals surface area (Å²) < 4.78 is 0. The van der Waals surface area contributed by atoms with Gasteiger partial charge in [0.15, 0.2) is 0 Å². The molecule has 0 bridgehead atoms. The Morgan fingerprint density at radius 2 is 1.63 bits per heavy atom. The number of hydrogen-bond acceptors (Lipinski definition) is 1. The van der Waals surface area contributed by atoms with Crippen molar-refractivity contribution in [2.75, 3.05) is 11.9 Å². The van der Waals surface area contributed by atoms with E-state index < -0.39 is 0 Å². The van der Waals surface area contributed by atoms with Crippen LogP contribution in [0, 0.1) is 0 Å². The van der Waals surface area contributed by atoms with Gasteiger partial charge in [-0.3, -0.25) is 0 Å². The molecule has 2 aromatic carbocycles. The van der Waals surface area contributed by atoms with Crippen molar-refractivity contribution in [1.82, 2.24) is 0 Å². The van der Waals surface area contributed by atoms with Crippen LogP contribution in [0.4, 0.5) is 11.4 Å². The van der Waals surface area contributed by atoms with Crippen molar-refractivity contribution in [2.45, 2.75) is 20.3 Å². The summed E-state index contributed by atoms with van der Waals surface area (Å²) in [6.45, 7) is 4.36. The summed E-state index contributed by atoms with van der Waals surface area (Å²) in [4.78, 5) is 2.24. The highest BCUT2D eigenvalue weighted by Crippen LogP contribution is 2.31. The maximum atomic E-state index is 2.28. The first-order valence-corrected chi connectivity index (χ1v) is 6.79. The van der Waals surface area contributed by atoms with E-state index in [1.54, 1.807) is 0 Å². The molecule has 0 atom stereocenters. The first-order valence-electron chi connectivity index (χ1n) is 6.79. The van der Waals surface area contributed by atoms with Crippen molar-refractivity contribution in [3.63, 3.8) is 0 Å². The normalized spacial score (nSPS) is 11.4. The third-order valence-electron chi connectivity index (χ3n) is 3.34. The molecule has 2 aromatic rings. The molecule has 0 aromatic heterocycles. The summed E-state index contributed by atoms with van der Waals surface area (Å²) in [5.74, 6) is 0. The van der Waals surface area contributed by atoms with Gasteiger partial charge in [0.2, 0.25) is 0 Å². The number of rotatable bonds is 4. The molecule has 0 saturated heterocycles. The molecule has 19 heavy (non-hydrogen) atoms. The fourth-order valence-corrected chi connectivity index (χ4v) is 2.31. The Morgan fingerprint density at radius 3 is 2.32 bits per heavy atom. The quantitative estimate of drug-likeness (QED) is 0.715. The first-order chi connectivity index (χ1) is 9.24. The van der Waals surface area contributed by atoms with Gasteiger partial charge in [0.25, 0.3) is 0 Å². The van der Waals surface area contributed by atoms with Gasteiger partial charge >= 0.3 is 0 Å². The molecule has 1 nitrogen and oxygen atoms in total. The van der Waals surface area contributed by atoms with Gasteiger partial charge in [0.1, 0.15) is 0 Å². The molecule has 0 N–H and O–H groups in total. The molecule has 0 radical (unpaired) electrons. The van der Waals surface area contributed by atoms with Crippen LogP contribution in [-0.2, 0) is 0 Å². The van der Waals surface area contributed by atoms with Crippen LogP contribution in [0.25, 0.3) is 5.57 Å². The SMILES string of the molecule is CC/C=C(\C)c1ccccc1N(C)c1ccccc1. The summed E-state index contributed by atoms with van der Waals surface area (Å²) in [6, 6.07) is 19.0. The summed E-state index contributed by atoms with van der Waals surface area (Å²) in [7, 11) is 2.12. The molecule has 0 amide bonds. The van der Waals surface area contributed by atoms with Crippen molar-refractivity contribution >= 4 is 16.9 Å². The van der Waals surface area contributed by atoms with E-state index in [-0.39, 0.29) is 0 Å². The van der Waals surface area contributed by atoms with E-state index in [0.717, 1.165) is 6.42 Å². The van der Waals surface area contributed by atoms with Gasteiger partial charge in [0.05, 0.1) is 0 Å². The van der Waals surface area contributed by atoms with Crippen molar-refractivity contribution in [1.29, 1.82) is 0 Å². The Hall–Kier alpha value is -2.02. The van der Waals surface area contributed by atoms with E-state index in [1.165, 1.54) is 22.5 Å². The van der Waals surface area contributed by atoms with Crippen LogP contribution >= 0.6 is 0 Å². The number of benzene rings is 2. The standard InChI is InChI=1S/C18H21N/c1-4-10-15(2)17-13-8-9-14-18(17)19(3)16-11-6-5-7-12-16/h5-14H,4H2,1-3H3/b15-10+. The molecule has 0 heterocycles. The van der Waals surface area contributed by atoms with E-state index in [0.29, 0.717) is 0 Å². The fourth-order valence-electron chi connectivity index (χ4n) is 2.31. The predicted molar refractivity (Wildman–Crippen MR) is 84.9 cm³/mol. The number of nitrogens with zero attached hydrogens (tertiary/aromatic N) is 1. The number of allylic oxidation sites excluding steroid dienone is 2. The molecule has 98 valence electrons. The molecule has 0 unspecified atom stereocenters. The van der Waals surface area contributed by atoms with E-state index >= 15 is 0 Å². The van der Waals surface area contributed by atoms with Gasteiger partial charge < -0.3 is 4.90 Å². The lowest BCUT2D eigenvalue weighted by atomic mass is 10.0. The summed E-state index contributed by atoms with van der Waals surface area (Å²) in [5, 5.41) is 0. The molecule has 1 heteroatoms. The topological polar surface area (TPSA) is 3.24 Å². The van der Waals surface area contributed by atoms with Gasteiger partial charge in [-0.25, -0.2) is 0 Å². The summed E-state index contributed by atoms with van der Waals surface area (Å²) in [6.07, 6.45) is 3.34. The van der Waals surface area contributed by atoms with Crippen LogP contribution in [-0.4, -0.2) is 7.05 Å². The van der Waals surface area contributed by atoms with E-state index in [2.05, 4.69) is 80.4 Å². The zero-order valence-electron chi connectivity index (χ0n) is 11.9. The Balaban J connectivity index is 2.43. The fraction of sp³-hybridized carbons (Fsp3) is 0.222. The lowest BCUT2D eigenvalue weighted by Crippen LogP contribution is -2.11. The Bertz CT molecular complexity index is 555. The third-order valence-corrected chi connectivity index (χ3v) is 3.34. The number of anilines is 2. The minimum Gasteiger partial charge on any atom is -0.344 e. The van der Waals surface area contributed by atoms with Crippen molar-refractivity contribution in [2.24, 2.45) is 0 Å². The molecule has 0 aliphatic carbocycles. The van der Waals surface area contributed by atoms with E-state index in [9.17, 15) is 0 Å². The van der Waals surface area contributed by atoms with Crippen molar-refractivity contribution in [3.8, 4) is 0 Å². The monoisotopic (exact) mass is 251 g/mol. The highest BCUT2D eigenvalue weighted by Gasteiger charge is 2.09. The lowest BCUT2D eigenvalue weighted by Gasteiger charge is -2.23. The van der Waals surface area contributed by atoms with Crippen LogP contribution in [0.1, 0.15) is 25.8 Å². The minimum absolute atomic E-state index is 1.06. The second-order valence-corrected chi connectivity index (χ2v) is 4.71. The van der Waals surface area contributed by atoms with Gasteiger partial charge in [-0.1, -0.05) is 49.4 Å². The zero-order chi connectivity index (χ0) is 13.7. The van der Waals surface area contributed by atoms with Gasteiger partial charge in [-0.2, -0.15) is 0 Å². The van der Waals surface area contributed by atoms with E-state index in [4.69, 9.17) is 0 Å². The highest BCUT2D eigenvalue weighted by atomic mass is 15.1. The van der Waals surface area contributed by atoms with Gasteiger partial charge in [-0.05, 0) is 37.1 Å². The second kappa shape index (κ2) is 6.24. The zero-order valence-corrected chi connectivity index (χ0v) is 11.9. The Morgan fingerprint density at radius 1 is 1.00 bits per heavy atom. The average molecular weight is 251 g/mol. The summed E-state index contributed by atoms with van der Waals surface area (Å²) in [5.41, 5.74) is 5.09.